The molecule has 0 bridgehead atoms. The Morgan fingerprint density at radius 3 is 2.92 bits per heavy atom. The largest absolute Gasteiger partial charge is 0.346 e. The zero-order valence-electron chi connectivity index (χ0n) is 13.9. The second kappa shape index (κ2) is 5.92. The van der Waals surface area contributed by atoms with E-state index >= 15 is 0 Å². The summed E-state index contributed by atoms with van der Waals surface area (Å²) in [4.78, 5) is 17.3. The first-order chi connectivity index (χ1) is 12.7. The zero-order valence-corrected chi connectivity index (χ0v) is 14.7. The number of thiazole rings is 1. The number of nitrogens with one attached hydrogen (secondary N) is 1. The van der Waals surface area contributed by atoms with Crippen molar-refractivity contribution < 1.29 is 9.18 Å². The van der Waals surface area contributed by atoms with E-state index in [2.05, 4.69) is 10.3 Å². The Hall–Kier alpha value is -2.73. The molecule has 4 nitrogen and oxygen atoms in total. The van der Waals surface area contributed by atoms with Crippen molar-refractivity contribution in [2.75, 3.05) is 5.32 Å². The average Bonchev–Trinajstić information content (AvgIpc) is 3.24. The molecule has 0 radical (unpaired) electrons. The molecule has 2 aromatic carbocycles. The van der Waals surface area contributed by atoms with Crippen LogP contribution in [-0.4, -0.2) is 15.5 Å². The number of carbonyl (C=O) groups is 1. The van der Waals surface area contributed by atoms with Crippen LogP contribution < -0.4 is 5.32 Å². The summed E-state index contributed by atoms with van der Waals surface area (Å²) in [6, 6.07) is 12.4. The van der Waals surface area contributed by atoms with Gasteiger partial charge in [-0.2, -0.15) is 0 Å². The first kappa shape index (κ1) is 15.5. The van der Waals surface area contributed by atoms with Gasteiger partial charge in [-0.3, -0.25) is 10.1 Å². The maximum atomic E-state index is 13.7. The van der Waals surface area contributed by atoms with Crippen LogP contribution in [0.15, 0.2) is 48.7 Å². The maximum Gasteiger partial charge on any atom is 0.259 e. The van der Waals surface area contributed by atoms with Crippen molar-refractivity contribution in [3.8, 4) is 0 Å². The average molecular weight is 365 g/mol. The quantitative estimate of drug-likeness (QED) is 0.550. The van der Waals surface area contributed by atoms with Crippen LogP contribution >= 0.6 is 11.3 Å². The fourth-order valence-electron chi connectivity index (χ4n) is 3.27. The van der Waals surface area contributed by atoms with Crippen molar-refractivity contribution in [3.63, 3.8) is 0 Å². The Morgan fingerprint density at radius 1 is 1.27 bits per heavy atom. The molecule has 0 spiro atoms. The van der Waals surface area contributed by atoms with Gasteiger partial charge in [0.2, 0.25) is 0 Å². The number of hydrogen-bond donors (Lipinski definition) is 1. The number of benzene rings is 2. The number of fused-ring (bicyclic) bond motifs is 2. The highest BCUT2D eigenvalue weighted by Crippen LogP contribution is 2.33. The van der Waals surface area contributed by atoms with Crippen LogP contribution in [0, 0.1) is 11.7 Å². The molecule has 0 saturated heterocycles. The molecule has 1 amide bonds. The summed E-state index contributed by atoms with van der Waals surface area (Å²) in [5.74, 6) is 0.134. The second-order valence-electron chi connectivity index (χ2n) is 6.74. The number of amides is 1. The number of aromatic nitrogens is 2. The Bertz CT molecular complexity index is 1110. The SMILES string of the molecule is O=C(Nc1nc2ccccc2s1)c1cn(CC2CC2)c2cc(F)ccc12. The van der Waals surface area contributed by atoms with Crippen molar-refractivity contribution >= 4 is 43.5 Å². The molecule has 2 heterocycles. The number of para-hydroxylation sites is 1. The number of carbonyl (C=O) groups excluding carboxylic acids is 1. The third-order valence-corrected chi connectivity index (χ3v) is 5.71. The van der Waals surface area contributed by atoms with E-state index in [-0.39, 0.29) is 11.7 Å². The number of halogens is 1. The Balaban J connectivity index is 1.51. The first-order valence-electron chi connectivity index (χ1n) is 8.63. The summed E-state index contributed by atoms with van der Waals surface area (Å²) >= 11 is 1.45. The van der Waals surface area contributed by atoms with Crippen LogP contribution in [0.3, 0.4) is 0 Å². The Kier molecular flexibility index (Phi) is 3.53. The Morgan fingerprint density at radius 2 is 2.12 bits per heavy atom. The molecule has 1 fully saturated rings. The van der Waals surface area contributed by atoms with E-state index in [1.807, 2.05) is 35.0 Å². The van der Waals surface area contributed by atoms with E-state index in [9.17, 15) is 9.18 Å². The highest BCUT2D eigenvalue weighted by atomic mass is 32.1. The fourth-order valence-corrected chi connectivity index (χ4v) is 4.13. The van der Waals surface area contributed by atoms with Gasteiger partial charge < -0.3 is 4.57 Å². The van der Waals surface area contributed by atoms with Gasteiger partial charge in [-0.15, -0.1) is 0 Å². The van der Waals surface area contributed by atoms with E-state index in [0.29, 0.717) is 16.6 Å². The fraction of sp³-hybridized carbons (Fsp3) is 0.200. The van der Waals surface area contributed by atoms with Crippen LogP contribution in [0.2, 0.25) is 0 Å². The van der Waals surface area contributed by atoms with Gasteiger partial charge in [0.05, 0.1) is 21.3 Å². The molecule has 5 rings (SSSR count). The van der Waals surface area contributed by atoms with Crippen LogP contribution in [-0.2, 0) is 6.54 Å². The van der Waals surface area contributed by atoms with Gasteiger partial charge in [0.25, 0.3) is 5.91 Å². The second-order valence-corrected chi connectivity index (χ2v) is 7.77. The lowest BCUT2D eigenvalue weighted by molar-refractivity contribution is 0.102. The molecule has 26 heavy (non-hydrogen) atoms. The Labute approximate surface area is 153 Å². The molecule has 6 heteroatoms. The summed E-state index contributed by atoms with van der Waals surface area (Å²) < 4.78 is 16.8. The minimum atomic E-state index is -0.286. The molecule has 0 unspecified atom stereocenters. The maximum absolute atomic E-state index is 13.7. The zero-order chi connectivity index (χ0) is 17.7. The van der Waals surface area contributed by atoms with Gasteiger partial charge in [-0.05, 0) is 49.1 Å². The molecule has 4 aromatic rings. The molecular formula is C20H16FN3OS. The summed E-state index contributed by atoms with van der Waals surface area (Å²) in [6.45, 7) is 0.828. The molecule has 1 aliphatic carbocycles. The van der Waals surface area contributed by atoms with Gasteiger partial charge in [-0.25, -0.2) is 9.37 Å². The van der Waals surface area contributed by atoms with Crippen molar-refractivity contribution in [1.29, 1.82) is 0 Å². The molecule has 0 aliphatic heterocycles. The highest BCUT2D eigenvalue weighted by Gasteiger charge is 2.24. The van der Waals surface area contributed by atoms with E-state index in [4.69, 9.17) is 0 Å². The summed E-state index contributed by atoms with van der Waals surface area (Å²) in [6.07, 6.45) is 4.23. The standard InChI is InChI=1S/C20H16FN3OS/c21-13-7-8-14-15(11-24(17(14)9-13)10-12-5-6-12)19(25)23-20-22-16-3-1-2-4-18(16)26-20/h1-4,7-9,11-12H,5-6,10H2,(H,22,23,25). The van der Waals surface area contributed by atoms with Crippen LogP contribution in [0.4, 0.5) is 9.52 Å². The van der Waals surface area contributed by atoms with Crippen molar-refractivity contribution in [3.05, 3.63) is 60.0 Å². The third kappa shape index (κ3) is 2.76. The molecule has 1 saturated carbocycles. The molecule has 2 aromatic heterocycles. The number of nitrogens with zero attached hydrogens (tertiary/aromatic N) is 2. The number of rotatable bonds is 4. The van der Waals surface area contributed by atoms with Crippen molar-refractivity contribution in [2.45, 2.75) is 19.4 Å². The lowest BCUT2D eigenvalue weighted by Crippen LogP contribution is -2.11. The predicted molar refractivity (Wildman–Crippen MR) is 102 cm³/mol. The number of anilines is 1. The van der Waals surface area contributed by atoms with Gasteiger partial charge in [0, 0.05) is 18.1 Å². The van der Waals surface area contributed by atoms with Gasteiger partial charge >= 0.3 is 0 Å². The molecule has 1 aliphatic rings. The summed E-state index contributed by atoms with van der Waals surface area (Å²) in [7, 11) is 0. The normalized spacial score (nSPS) is 14.2. The van der Waals surface area contributed by atoms with E-state index in [0.717, 1.165) is 27.7 Å². The van der Waals surface area contributed by atoms with Crippen LogP contribution in [0.5, 0.6) is 0 Å². The predicted octanol–water partition coefficient (Wildman–Crippen LogP) is 5.05. The van der Waals surface area contributed by atoms with Crippen molar-refractivity contribution in [1.82, 2.24) is 9.55 Å². The van der Waals surface area contributed by atoms with Gasteiger partial charge in [0.1, 0.15) is 5.82 Å². The molecule has 130 valence electrons. The topological polar surface area (TPSA) is 46.9 Å². The van der Waals surface area contributed by atoms with Crippen molar-refractivity contribution in [2.24, 2.45) is 5.92 Å². The van der Waals surface area contributed by atoms with E-state index in [1.54, 1.807) is 6.07 Å². The first-order valence-corrected chi connectivity index (χ1v) is 9.44. The highest BCUT2D eigenvalue weighted by molar-refractivity contribution is 7.22. The summed E-state index contributed by atoms with van der Waals surface area (Å²) in [5.41, 5.74) is 2.19. The van der Waals surface area contributed by atoms with Crippen LogP contribution in [0.25, 0.3) is 21.1 Å². The van der Waals surface area contributed by atoms with E-state index in [1.165, 1.54) is 36.3 Å². The minimum Gasteiger partial charge on any atom is -0.346 e. The lowest BCUT2D eigenvalue weighted by atomic mass is 10.1. The molecular weight excluding hydrogens is 349 g/mol. The van der Waals surface area contributed by atoms with Gasteiger partial charge in [-0.1, -0.05) is 23.5 Å². The lowest BCUT2D eigenvalue weighted by Gasteiger charge is -2.02. The number of hydrogen-bond acceptors (Lipinski definition) is 3. The van der Waals surface area contributed by atoms with E-state index < -0.39 is 0 Å². The van der Waals surface area contributed by atoms with Crippen LogP contribution in [0.1, 0.15) is 23.2 Å². The summed E-state index contributed by atoms with van der Waals surface area (Å²) in [5, 5.41) is 4.24. The van der Waals surface area contributed by atoms with Gasteiger partial charge in [0.15, 0.2) is 5.13 Å². The molecule has 0 atom stereocenters. The smallest absolute Gasteiger partial charge is 0.259 e. The minimum absolute atomic E-state index is 0.213. The molecule has 1 N–H and O–H groups in total. The monoisotopic (exact) mass is 365 g/mol. The third-order valence-electron chi connectivity index (χ3n) is 4.76.